The molecule has 0 saturated heterocycles. The second kappa shape index (κ2) is 7.19. The van der Waals surface area contributed by atoms with E-state index in [1.807, 2.05) is 49.4 Å². The normalized spacial score (nSPS) is 11.9. The first kappa shape index (κ1) is 16.7. The van der Waals surface area contributed by atoms with Crippen LogP contribution in [0.25, 0.3) is 0 Å². The van der Waals surface area contributed by atoms with E-state index in [1.165, 1.54) is 0 Å². The van der Waals surface area contributed by atoms with E-state index in [0.29, 0.717) is 23.6 Å². The van der Waals surface area contributed by atoms with Gasteiger partial charge >= 0.3 is 0 Å². The number of nitrogens with two attached hydrogens (primary N) is 2. The Kier molecular flexibility index (Phi) is 4.81. The minimum absolute atomic E-state index is 0.120. The van der Waals surface area contributed by atoms with Gasteiger partial charge in [0, 0.05) is 0 Å². The Hall–Kier alpha value is -3.12. The van der Waals surface area contributed by atoms with Gasteiger partial charge in [-0.25, -0.2) is 4.98 Å². The summed E-state index contributed by atoms with van der Waals surface area (Å²) >= 11 is 0. The molecule has 1 atom stereocenters. The molecular weight excluding hydrogens is 316 g/mol. The topological polar surface area (TPSA) is 107 Å². The molecule has 0 bridgehead atoms. The van der Waals surface area contributed by atoms with Gasteiger partial charge in [-0.2, -0.15) is 4.98 Å². The summed E-state index contributed by atoms with van der Waals surface area (Å²) in [5, 5.41) is 10.6. The number of aryl methyl sites for hydroxylation is 1. The molecule has 6 heteroatoms. The van der Waals surface area contributed by atoms with Crippen LogP contribution in [0.15, 0.2) is 54.6 Å². The van der Waals surface area contributed by atoms with Crippen LogP contribution < -0.4 is 16.2 Å². The van der Waals surface area contributed by atoms with Gasteiger partial charge < -0.3 is 21.3 Å². The Morgan fingerprint density at radius 1 is 1.00 bits per heavy atom. The van der Waals surface area contributed by atoms with Crippen LogP contribution in [0.2, 0.25) is 0 Å². The number of aliphatic hydroxyl groups is 1. The number of nitrogens with zero attached hydrogens (tertiary/aromatic N) is 2. The van der Waals surface area contributed by atoms with Crippen molar-refractivity contribution in [3.05, 3.63) is 71.4 Å². The van der Waals surface area contributed by atoms with Gasteiger partial charge in [-0.05, 0) is 29.7 Å². The van der Waals surface area contributed by atoms with Crippen molar-refractivity contribution in [2.24, 2.45) is 0 Å². The molecule has 0 aliphatic rings. The molecule has 1 heterocycles. The van der Waals surface area contributed by atoms with E-state index < -0.39 is 6.10 Å². The number of anilines is 2. The van der Waals surface area contributed by atoms with Crippen LogP contribution in [-0.2, 0) is 6.42 Å². The summed E-state index contributed by atoms with van der Waals surface area (Å²) in [7, 11) is 0. The van der Waals surface area contributed by atoms with Crippen LogP contribution in [0.1, 0.15) is 29.8 Å². The SMILES string of the molecule is CCc1nc(N)nc(N)c1Oc1cccc([C@@H](O)c2ccccc2)c1. The molecule has 128 valence electrons. The Bertz CT molecular complexity index is 869. The second-order valence-corrected chi connectivity index (χ2v) is 5.58. The molecule has 0 saturated carbocycles. The van der Waals surface area contributed by atoms with Crippen LogP contribution in [0.5, 0.6) is 11.5 Å². The average molecular weight is 336 g/mol. The minimum atomic E-state index is -0.740. The van der Waals surface area contributed by atoms with E-state index in [4.69, 9.17) is 16.2 Å². The monoisotopic (exact) mass is 336 g/mol. The molecule has 0 fully saturated rings. The maximum absolute atomic E-state index is 10.6. The van der Waals surface area contributed by atoms with Crippen molar-refractivity contribution in [2.75, 3.05) is 11.5 Å². The molecule has 5 N–H and O–H groups in total. The zero-order valence-corrected chi connectivity index (χ0v) is 13.9. The fourth-order valence-corrected chi connectivity index (χ4v) is 2.58. The second-order valence-electron chi connectivity index (χ2n) is 5.58. The van der Waals surface area contributed by atoms with E-state index in [1.54, 1.807) is 12.1 Å². The first-order valence-electron chi connectivity index (χ1n) is 8.01. The fourth-order valence-electron chi connectivity index (χ4n) is 2.58. The molecule has 0 spiro atoms. The summed E-state index contributed by atoms with van der Waals surface area (Å²) in [6.45, 7) is 1.93. The lowest BCUT2D eigenvalue weighted by molar-refractivity contribution is 0.220. The number of aliphatic hydroxyl groups excluding tert-OH is 1. The largest absolute Gasteiger partial charge is 0.452 e. The van der Waals surface area contributed by atoms with Crippen LogP contribution in [0, 0.1) is 0 Å². The molecule has 0 unspecified atom stereocenters. The van der Waals surface area contributed by atoms with E-state index >= 15 is 0 Å². The lowest BCUT2D eigenvalue weighted by atomic mass is 10.0. The third kappa shape index (κ3) is 3.70. The molecule has 3 rings (SSSR count). The van der Waals surface area contributed by atoms with Gasteiger partial charge in [0.1, 0.15) is 11.9 Å². The summed E-state index contributed by atoms with van der Waals surface area (Å²) in [6.07, 6.45) is -0.131. The third-order valence-corrected chi connectivity index (χ3v) is 3.82. The Labute approximate surface area is 146 Å². The first-order valence-corrected chi connectivity index (χ1v) is 8.01. The maximum atomic E-state index is 10.6. The molecular formula is C19H20N4O2. The Morgan fingerprint density at radius 3 is 2.44 bits per heavy atom. The first-order chi connectivity index (χ1) is 12.1. The van der Waals surface area contributed by atoms with E-state index in [2.05, 4.69) is 9.97 Å². The molecule has 0 aliphatic carbocycles. The highest BCUT2D eigenvalue weighted by atomic mass is 16.5. The maximum Gasteiger partial charge on any atom is 0.222 e. The lowest BCUT2D eigenvalue weighted by Gasteiger charge is -2.15. The molecule has 0 radical (unpaired) electrons. The summed E-state index contributed by atoms with van der Waals surface area (Å²) in [5.41, 5.74) is 13.7. The quantitative estimate of drug-likeness (QED) is 0.661. The molecule has 3 aromatic rings. The fraction of sp³-hybridized carbons (Fsp3) is 0.158. The summed E-state index contributed by atoms with van der Waals surface area (Å²) in [5.74, 6) is 1.25. The standard InChI is InChI=1S/C19H20N4O2/c1-2-15-17(18(20)23-19(21)22-15)25-14-10-6-9-13(11-14)16(24)12-7-4-3-5-8-12/h3-11,16,24H,2H2,1H3,(H4,20,21,22,23)/t16-/m0/s1. The van der Waals surface area contributed by atoms with Crippen molar-refractivity contribution in [3.63, 3.8) is 0 Å². The van der Waals surface area contributed by atoms with E-state index in [0.717, 1.165) is 11.1 Å². The molecule has 1 aromatic heterocycles. The van der Waals surface area contributed by atoms with Crippen molar-refractivity contribution >= 4 is 11.8 Å². The van der Waals surface area contributed by atoms with Gasteiger partial charge in [-0.1, -0.05) is 49.4 Å². The predicted octanol–water partition coefficient (Wildman–Crippen LogP) is 3.08. The van der Waals surface area contributed by atoms with Crippen LogP contribution in [-0.4, -0.2) is 15.1 Å². The van der Waals surface area contributed by atoms with Crippen molar-refractivity contribution in [1.29, 1.82) is 0 Å². The number of rotatable bonds is 5. The molecule has 0 aliphatic heterocycles. The van der Waals surface area contributed by atoms with Crippen LogP contribution >= 0.6 is 0 Å². The number of hydrogen-bond acceptors (Lipinski definition) is 6. The molecule has 6 nitrogen and oxygen atoms in total. The van der Waals surface area contributed by atoms with Gasteiger partial charge in [0.05, 0.1) is 5.69 Å². The van der Waals surface area contributed by atoms with Gasteiger partial charge in [0.2, 0.25) is 5.95 Å². The molecule has 0 amide bonds. The lowest BCUT2D eigenvalue weighted by Crippen LogP contribution is -2.06. The summed E-state index contributed by atoms with van der Waals surface area (Å²) in [6, 6.07) is 16.6. The number of aromatic nitrogens is 2. The van der Waals surface area contributed by atoms with Crippen molar-refractivity contribution < 1.29 is 9.84 Å². The summed E-state index contributed by atoms with van der Waals surface area (Å²) in [4.78, 5) is 8.12. The van der Waals surface area contributed by atoms with Gasteiger partial charge in [0.15, 0.2) is 11.6 Å². The number of hydrogen-bond donors (Lipinski definition) is 3. The number of ether oxygens (including phenoxy) is 1. The van der Waals surface area contributed by atoms with Crippen molar-refractivity contribution in [1.82, 2.24) is 9.97 Å². The zero-order chi connectivity index (χ0) is 17.8. The highest BCUT2D eigenvalue weighted by Crippen LogP contribution is 2.32. The van der Waals surface area contributed by atoms with Crippen LogP contribution in [0.4, 0.5) is 11.8 Å². The van der Waals surface area contributed by atoms with Crippen molar-refractivity contribution in [3.8, 4) is 11.5 Å². The number of nitrogen functional groups attached to an aromatic ring is 2. The average Bonchev–Trinajstić information content (AvgIpc) is 2.64. The zero-order valence-electron chi connectivity index (χ0n) is 13.9. The predicted molar refractivity (Wildman–Crippen MR) is 97.3 cm³/mol. The van der Waals surface area contributed by atoms with Crippen molar-refractivity contribution in [2.45, 2.75) is 19.4 Å². The third-order valence-electron chi connectivity index (χ3n) is 3.82. The highest BCUT2D eigenvalue weighted by molar-refractivity contribution is 5.53. The molecule has 2 aromatic carbocycles. The van der Waals surface area contributed by atoms with Gasteiger partial charge in [0.25, 0.3) is 0 Å². The van der Waals surface area contributed by atoms with E-state index in [-0.39, 0.29) is 11.8 Å². The smallest absolute Gasteiger partial charge is 0.222 e. The van der Waals surface area contributed by atoms with Gasteiger partial charge in [-0.3, -0.25) is 0 Å². The van der Waals surface area contributed by atoms with Gasteiger partial charge in [-0.15, -0.1) is 0 Å². The Balaban J connectivity index is 1.91. The minimum Gasteiger partial charge on any atom is -0.452 e. The highest BCUT2D eigenvalue weighted by Gasteiger charge is 2.15. The summed E-state index contributed by atoms with van der Waals surface area (Å²) < 4.78 is 5.90. The molecule has 25 heavy (non-hydrogen) atoms. The van der Waals surface area contributed by atoms with Crippen LogP contribution in [0.3, 0.4) is 0 Å². The number of benzene rings is 2. The Morgan fingerprint density at radius 2 is 1.72 bits per heavy atom. The van der Waals surface area contributed by atoms with E-state index in [9.17, 15) is 5.11 Å².